The van der Waals surface area contributed by atoms with Crippen molar-refractivity contribution in [3.8, 4) is 17.5 Å². The molecule has 7 nitrogen and oxygen atoms in total. The van der Waals surface area contributed by atoms with Crippen LogP contribution in [0.25, 0.3) is 5.69 Å². The summed E-state index contributed by atoms with van der Waals surface area (Å²) in [6, 6.07) is 17.0. The van der Waals surface area contributed by atoms with Crippen LogP contribution in [0.5, 0.6) is 5.75 Å². The summed E-state index contributed by atoms with van der Waals surface area (Å²) in [5.41, 5.74) is 8.88. The number of nitrogens with zero attached hydrogens (tertiary/aromatic N) is 3. The zero-order valence-electron chi connectivity index (χ0n) is 16.8. The van der Waals surface area contributed by atoms with Crippen molar-refractivity contribution < 1.29 is 9.53 Å². The SMILES string of the molecule is N#Cc1c(CCCNC(=O)C2COc3ccc(Cl)cc3C2)nn(-c2ccccc2)c1N. The topological polar surface area (TPSA) is 106 Å². The number of amides is 1. The fourth-order valence-corrected chi connectivity index (χ4v) is 3.88. The van der Waals surface area contributed by atoms with Gasteiger partial charge in [0, 0.05) is 11.6 Å². The highest BCUT2D eigenvalue weighted by Crippen LogP contribution is 2.29. The molecule has 2 heterocycles. The summed E-state index contributed by atoms with van der Waals surface area (Å²) < 4.78 is 7.27. The van der Waals surface area contributed by atoms with Crippen molar-refractivity contribution in [1.29, 1.82) is 5.26 Å². The van der Waals surface area contributed by atoms with E-state index < -0.39 is 0 Å². The molecule has 2 aromatic carbocycles. The van der Waals surface area contributed by atoms with Crippen LogP contribution in [0.3, 0.4) is 0 Å². The Hall–Kier alpha value is -3.50. The summed E-state index contributed by atoms with van der Waals surface area (Å²) in [5.74, 6) is 0.794. The van der Waals surface area contributed by atoms with E-state index in [0.29, 0.717) is 54.5 Å². The standard InChI is InChI=1S/C23H22ClN5O2/c24-17-8-9-21-15(12-17)11-16(14-31-21)23(30)27-10-4-7-20-19(13-25)22(26)29(28-20)18-5-2-1-3-6-18/h1-3,5-6,8-9,12,16H,4,7,10-11,14,26H2,(H,27,30). The number of rotatable bonds is 6. The second-order valence-corrected chi connectivity index (χ2v) is 7.86. The molecule has 0 aliphatic carbocycles. The Bertz CT molecular complexity index is 1140. The van der Waals surface area contributed by atoms with Crippen molar-refractivity contribution in [1.82, 2.24) is 15.1 Å². The van der Waals surface area contributed by atoms with Crippen LogP contribution in [0.1, 0.15) is 23.2 Å². The lowest BCUT2D eigenvalue weighted by atomic mass is 9.96. The van der Waals surface area contributed by atoms with E-state index in [4.69, 9.17) is 22.1 Å². The van der Waals surface area contributed by atoms with E-state index in [-0.39, 0.29) is 11.8 Å². The van der Waals surface area contributed by atoms with Crippen molar-refractivity contribution in [2.45, 2.75) is 19.3 Å². The fraction of sp³-hybridized carbons (Fsp3) is 0.261. The predicted octanol–water partition coefficient (Wildman–Crippen LogP) is 3.28. The first kappa shape index (κ1) is 20.8. The van der Waals surface area contributed by atoms with Crippen LogP contribution in [-0.4, -0.2) is 28.8 Å². The van der Waals surface area contributed by atoms with Gasteiger partial charge in [-0.3, -0.25) is 4.79 Å². The van der Waals surface area contributed by atoms with Crippen LogP contribution in [0.2, 0.25) is 5.02 Å². The number of fused-ring (bicyclic) bond motifs is 1. The lowest BCUT2D eigenvalue weighted by Crippen LogP contribution is -2.37. The van der Waals surface area contributed by atoms with Crippen molar-refractivity contribution in [3.63, 3.8) is 0 Å². The van der Waals surface area contributed by atoms with Gasteiger partial charge in [-0.05, 0) is 55.2 Å². The van der Waals surface area contributed by atoms with E-state index in [1.807, 2.05) is 42.5 Å². The largest absolute Gasteiger partial charge is 0.492 e. The highest BCUT2D eigenvalue weighted by atomic mass is 35.5. The van der Waals surface area contributed by atoms with Crippen LogP contribution < -0.4 is 15.8 Å². The van der Waals surface area contributed by atoms with E-state index in [0.717, 1.165) is 17.0 Å². The summed E-state index contributed by atoms with van der Waals surface area (Å²) in [4.78, 5) is 12.6. The van der Waals surface area contributed by atoms with Crippen molar-refractivity contribution in [2.24, 2.45) is 5.92 Å². The van der Waals surface area contributed by atoms with Crippen LogP contribution >= 0.6 is 11.6 Å². The lowest BCUT2D eigenvalue weighted by molar-refractivity contribution is -0.126. The van der Waals surface area contributed by atoms with Gasteiger partial charge in [0.25, 0.3) is 0 Å². The average molecular weight is 436 g/mol. The Morgan fingerprint density at radius 2 is 2.13 bits per heavy atom. The van der Waals surface area contributed by atoms with Gasteiger partial charge >= 0.3 is 0 Å². The molecule has 3 N–H and O–H groups in total. The monoisotopic (exact) mass is 435 g/mol. The first-order chi connectivity index (χ1) is 15.1. The maximum Gasteiger partial charge on any atom is 0.226 e. The molecular weight excluding hydrogens is 414 g/mol. The fourth-order valence-electron chi connectivity index (χ4n) is 3.68. The molecule has 0 fully saturated rings. The van der Waals surface area contributed by atoms with Gasteiger partial charge in [-0.25, -0.2) is 4.68 Å². The quantitative estimate of drug-likeness (QED) is 0.578. The number of carbonyl (C=O) groups excluding carboxylic acids is 1. The first-order valence-corrected chi connectivity index (χ1v) is 10.5. The zero-order valence-corrected chi connectivity index (χ0v) is 17.6. The van der Waals surface area contributed by atoms with E-state index in [1.165, 1.54) is 0 Å². The molecule has 1 amide bonds. The summed E-state index contributed by atoms with van der Waals surface area (Å²) in [6.45, 7) is 0.817. The summed E-state index contributed by atoms with van der Waals surface area (Å²) in [7, 11) is 0. The third kappa shape index (κ3) is 4.49. The number of nitriles is 1. The molecule has 8 heteroatoms. The van der Waals surface area contributed by atoms with E-state index in [9.17, 15) is 10.1 Å². The smallest absolute Gasteiger partial charge is 0.226 e. The number of anilines is 1. The Labute approximate surface area is 185 Å². The molecule has 31 heavy (non-hydrogen) atoms. The Morgan fingerprint density at radius 3 is 2.90 bits per heavy atom. The van der Waals surface area contributed by atoms with Gasteiger partial charge in [0.15, 0.2) is 0 Å². The molecular formula is C23H22ClN5O2. The average Bonchev–Trinajstić information content (AvgIpc) is 3.11. The van der Waals surface area contributed by atoms with E-state index in [2.05, 4.69) is 16.5 Å². The summed E-state index contributed by atoms with van der Waals surface area (Å²) in [5, 5.41) is 17.6. The Morgan fingerprint density at radius 1 is 1.32 bits per heavy atom. The molecule has 158 valence electrons. The van der Waals surface area contributed by atoms with Gasteiger partial charge in [0.1, 0.15) is 29.8 Å². The number of para-hydroxylation sites is 1. The zero-order chi connectivity index (χ0) is 21.8. The maximum absolute atomic E-state index is 12.6. The van der Waals surface area contributed by atoms with Crippen LogP contribution in [0.15, 0.2) is 48.5 Å². The van der Waals surface area contributed by atoms with Crippen molar-refractivity contribution in [3.05, 3.63) is 70.4 Å². The molecule has 0 saturated heterocycles. The number of aryl methyl sites for hydroxylation is 1. The van der Waals surface area contributed by atoms with Crippen molar-refractivity contribution in [2.75, 3.05) is 18.9 Å². The Balaban J connectivity index is 1.33. The Kier molecular flexibility index (Phi) is 6.10. The molecule has 1 unspecified atom stereocenters. The van der Waals surface area contributed by atoms with Gasteiger partial charge in [0.05, 0.1) is 17.3 Å². The van der Waals surface area contributed by atoms with Crippen LogP contribution in [0.4, 0.5) is 5.82 Å². The minimum atomic E-state index is -0.256. The van der Waals surface area contributed by atoms with Crippen molar-refractivity contribution >= 4 is 23.3 Å². The molecule has 0 radical (unpaired) electrons. The maximum atomic E-state index is 12.6. The normalized spacial score (nSPS) is 14.9. The van der Waals surface area contributed by atoms with Gasteiger partial charge < -0.3 is 15.8 Å². The molecule has 1 aliphatic heterocycles. The molecule has 0 spiro atoms. The number of aromatic nitrogens is 2. The number of ether oxygens (including phenoxy) is 1. The molecule has 4 rings (SSSR count). The number of carbonyl (C=O) groups is 1. The van der Waals surface area contributed by atoms with E-state index in [1.54, 1.807) is 10.7 Å². The number of hydrogen-bond donors (Lipinski definition) is 2. The molecule has 0 bridgehead atoms. The van der Waals surface area contributed by atoms with Crippen LogP contribution in [0, 0.1) is 17.2 Å². The van der Waals surface area contributed by atoms with Gasteiger partial charge in [0.2, 0.25) is 5.91 Å². The van der Waals surface area contributed by atoms with Gasteiger partial charge in [-0.1, -0.05) is 29.8 Å². The number of nitrogens with one attached hydrogen (secondary N) is 1. The predicted molar refractivity (Wildman–Crippen MR) is 118 cm³/mol. The second-order valence-electron chi connectivity index (χ2n) is 7.42. The van der Waals surface area contributed by atoms with Gasteiger partial charge in [-0.2, -0.15) is 10.4 Å². The number of nitrogen functional groups attached to an aromatic ring is 1. The summed E-state index contributed by atoms with van der Waals surface area (Å²) in [6.07, 6.45) is 1.77. The minimum absolute atomic E-state index is 0.0551. The molecule has 1 atom stereocenters. The first-order valence-electron chi connectivity index (χ1n) is 10.1. The van der Waals surface area contributed by atoms with E-state index >= 15 is 0 Å². The van der Waals surface area contributed by atoms with Crippen LogP contribution in [-0.2, 0) is 17.6 Å². The van der Waals surface area contributed by atoms with Gasteiger partial charge in [-0.15, -0.1) is 0 Å². The minimum Gasteiger partial charge on any atom is -0.492 e. The lowest BCUT2D eigenvalue weighted by Gasteiger charge is -2.24. The highest BCUT2D eigenvalue weighted by Gasteiger charge is 2.26. The number of hydrogen-bond acceptors (Lipinski definition) is 5. The molecule has 1 aromatic heterocycles. The number of benzene rings is 2. The third-order valence-corrected chi connectivity index (χ3v) is 5.53. The molecule has 3 aromatic rings. The number of nitrogens with two attached hydrogens (primary N) is 1. The molecule has 1 aliphatic rings. The second kappa shape index (κ2) is 9.11. The highest BCUT2D eigenvalue weighted by molar-refractivity contribution is 6.30. The molecule has 0 saturated carbocycles. The number of halogens is 1. The third-order valence-electron chi connectivity index (χ3n) is 5.30. The summed E-state index contributed by atoms with van der Waals surface area (Å²) >= 11 is 6.05.